The van der Waals surface area contributed by atoms with Crippen molar-refractivity contribution in [3.8, 4) is 0 Å². The van der Waals surface area contributed by atoms with E-state index in [0.717, 1.165) is 24.2 Å². The van der Waals surface area contributed by atoms with Crippen molar-refractivity contribution >= 4 is 27.5 Å². The molecule has 26 heavy (non-hydrogen) atoms. The van der Waals surface area contributed by atoms with E-state index in [-0.39, 0.29) is 29.5 Å². The average Bonchev–Trinajstić information content (AvgIpc) is 3.19. The van der Waals surface area contributed by atoms with Gasteiger partial charge in [0.2, 0.25) is 5.91 Å². The van der Waals surface area contributed by atoms with Crippen LogP contribution in [0.3, 0.4) is 0 Å². The Hall–Kier alpha value is -2.09. The Morgan fingerprint density at radius 1 is 1.31 bits per heavy atom. The SMILES string of the molecule is CCN(C(=O)NCc1ccc(N2CCCC2=O)cc1)[C@H]1CCS(=O)(=O)C1. The normalized spacial score (nSPS) is 21.8. The maximum Gasteiger partial charge on any atom is 0.317 e. The molecule has 2 fully saturated rings. The number of rotatable bonds is 5. The maximum atomic E-state index is 12.4. The van der Waals surface area contributed by atoms with Crippen LogP contribution in [0, 0.1) is 0 Å². The standard InChI is InChI=1S/C18H25N3O4S/c1-2-20(16-9-11-26(24,25)13-16)18(23)19-12-14-5-7-15(8-6-14)21-10-3-4-17(21)22/h5-8,16H,2-4,9-13H2,1H3,(H,19,23)/t16-/m0/s1. The van der Waals surface area contributed by atoms with Gasteiger partial charge < -0.3 is 15.1 Å². The topological polar surface area (TPSA) is 86.8 Å². The molecule has 0 bridgehead atoms. The summed E-state index contributed by atoms with van der Waals surface area (Å²) in [6.45, 7) is 3.45. The zero-order chi connectivity index (χ0) is 18.7. The van der Waals surface area contributed by atoms with Crippen LogP contribution in [0.15, 0.2) is 24.3 Å². The number of urea groups is 1. The van der Waals surface area contributed by atoms with Gasteiger partial charge in [-0.3, -0.25) is 4.79 Å². The van der Waals surface area contributed by atoms with Gasteiger partial charge in [0.25, 0.3) is 0 Å². The number of sulfone groups is 1. The molecule has 3 amide bonds. The fourth-order valence-electron chi connectivity index (χ4n) is 3.58. The number of amides is 3. The molecule has 0 saturated carbocycles. The maximum absolute atomic E-state index is 12.4. The molecule has 2 saturated heterocycles. The van der Waals surface area contributed by atoms with Crippen molar-refractivity contribution in [3.05, 3.63) is 29.8 Å². The number of hydrogen-bond acceptors (Lipinski definition) is 4. The lowest BCUT2D eigenvalue weighted by Gasteiger charge is -2.27. The van der Waals surface area contributed by atoms with Gasteiger partial charge in [-0.2, -0.15) is 0 Å². The number of hydrogen-bond donors (Lipinski definition) is 1. The van der Waals surface area contributed by atoms with E-state index in [4.69, 9.17) is 0 Å². The second kappa shape index (κ2) is 7.65. The average molecular weight is 379 g/mol. The van der Waals surface area contributed by atoms with Crippen molar-refractivity contribution in [1.82, 2.24) is 10.2 Å². The fourth-order valence-corrected chi connectivity index (χ4v) is 5.31. The van der Waals surface area contributed by atoms with Crippen LogP contribution in [0.1, 0.15) is 31.7 Å². The Labute approximate surface area is 154 Å². The summed E-state index contributed by atoms with van der Waals surface area (Å²) in [6.07, 6.45) is 1.99. The molecule has 2 aliphatic heterocycles. The summed E-state index contributed by atoms with van der Waals surface area (Å²) in [4.78, 5) is 27.6. The van der Waals surface area contributed by atoms with Crippen molar-refractivity contribution in [2.24, 2.45) is 0 Å². The van der Waals surface area contributed by atoms with Crippen LogP contribution in [0.25, 0.3) is 0 Å². The van der Waals surface area contributed by atoms with Crippen LogP contribution in [0.2, 0.25) is 0 Å². The van der Waals surface area contributed by atoms with Crippen molar-refractivity contribution in [3.63, 3.8) is 0 Å². The summed E-state index contributed by atoms with van der Waals surface area (Å²) in [6, 6.07) is 7.11. The van der Waals surface area contributed by atoms with Crippen molar-refractivity contribution < 1.29 is 18.0 Å². The van der Waals surface area contributed by atoms with Crippen LogP contribution in [0.5, 0.6) is 0 Å². The first-order valence-corrected chi connectivity index (χ1v) is 10.9. The molecule has 0 spiro atoms. The minimum atomic E-state index is -3.02. The summed E-state index contributed by atoms with van der Waals surface area (Å²) < 4.78 is 23.3. The number of nitrogens with zero attached hydrogens (tertiary/aromatic N) is 2. The Kier molecular flexibility index (Phi) is 5.50. The summed E-state index contributed by atoms with van der Waals surface area (Å²) >= 11 is 0. The molecule has 1 aromatic rings. The lowest BCUT2D eigenvalue weighted by Crippen LogP contribution is -2.46. The van der Waals surface area contributed by atoms with Crippen LogP contribution in [-0.4, -0.2) is 55.9 Å². The molecule has 0 aromatic heterocycles. The highest BCUT2D eigenvalue weighted by Gasteiger charge is 2.33. The van der Waals surface area contributed by atoms with Gasteiger partial charge in [0.1, 0.15) is 0 Å². The largest absolute Gasteiger partial charge is 0.334 e. The minimum absolute atomic E-state index is 0.0484. The summed E-state index contributed by atoms with van der Waals surface area (Å²) in [5.41, 5.74) is 1.82. The highest BCUT2D eigenvalue weighted by atomic mass is 32.2. The second-order valence-electron chi connectivity index (χ2n) is 6.82. The van der Waals surface area contributed by atoms with E-state index < -0.39 is 9.84 Å². The van der Waals surface area contributed by atoms with Crippen molar-refractivity contribution in [2.45, 2.75) is 38.8 Å². The van der Waals surface area contributed by atoms with E-state index in [2.05, 4.69) is 5.32 Å². The Balaban J connectivity index is 1.56. The molecule has 2 aliphatic rings. The van der Waals surface area contributed by atoms with E-state index in [1.54, 1.807) is 9.80 Å². The van der Waals surface area contributed by atoms with Gasteiger partial charge >= 0.3 is 6.03 Å². The number of carbonyl (C=O) groups excluding carboxylic acids is 2. The summed E-state index contributed by atoms with van der Waals surface area (Å²) in [5, 5.41) is 2.86. The number of anilines is 1. The van der Waals surface area contributed by atoms with Crippen LogP contribution < -0.4 is 10.2 Å². The van der Waals surface area contributed by atoms with Gasteiger partial charge in [-0.15, -0.1) is 0 Å². The van der Waals surface area contributed by atoms with Crippen molar-refractivity contribution in [2.75, 3.05) is 29.5 Å². The lowest BCUT2D eigenvalue weighted by atomic mass is 10.2. The van der Waals surface area contributed by atoms with E-state index in [0.29, 0.717) is 25.9 Å². The molecular formula is C18H25N3O4S. The van der Waals surface area contributed by atoms with Gasteiger partial charge in [0.05, 0.1) is 11.5 Å². The first-order chi connectivity index (χ1) is 12.4. The minimum Gasteiger partial charge on any atom is -0.334 e. The molecule has 1 N–H and O–H groups in total. The van der Waals surface area contributed by atoms with Gasteiger partial charge in [-0.05, 0) is 37.5 Å². The molecule has 142 valence electrons. The zero-order valence-electron chi connectivity index (χ0n) is 15.0. The quantitative estimate of drug-likeness (QED) is 0.841. The Morgan fingerprint density at radius 3 is 2.58 bits per heavy atom. The highest BCUT2D eigenvalue weighted by Crippen LogP contribution is 2.22. The fraction of sp³-hybridized carbons (Fsp3) is 0.556. The number of nitrogens with one attached hydrogen (secondary N) is 1. The molecule has 0 aliphatic carbocycles. The molecular weight excluding hydrogens is 354 g/mol. The third kappa shape index (κ3) is 4.17. The van der Waals surface area contributed by atoms with Gasteiger partial charge in [0.15, 0.2) is 9.84 Å². The predicted molar refractivity (Wildman–Crippen MR) is 99.7 cm³/mol. The Morgan fingerprint density at radius 2 is 2.04 bits per heavy atom. The molecule has 1 aromatic carbocycles. The van der Waals surface area contributed by atoms with Gasteiger partial charge in [0, 0.05) is 37.8 Å². The molecule has 7 nitrogen and oxygen atoms in total. The van der Waals surface area contributed by atoms with E-state index >= 15 is 0 Å². The molecule has 1 atom stereocenters. The first kappa shape index (κ1) is 18.7. The number of carbonyl (C=O) groups is 2. The van der Waals surface area contributed by atoms with Crippen LogP contribution in [0.4, 0.5) is 10.5 Å². The third-order valence-corrected chi connectivity index (χ3v) is 6.77. The van der Waals surface area contributed by atoms with Gasteiger partial charge in [-0.25, -0.2) is 13.2 Å². The molecule has 2 heterocycles. The Bertz CT molecular complexity index is 776. The second-order valence-corrected chi connectivity index (χ2v) is 9.05. The number of benzene rings is 1. The smallest absolute Gasteiger partial charge is 0.317 e. The summed E-state index contributed by atoms with van der Waals surface area (Å²) in [7, 11) is -3.02. The lowest BCUT2D eigenvalue weighted by molar-refractivity contribution is -0.117. The van der Waals surface area contributed by atoms with E-state index in [1.165, 1.54) is 0 Å². The van der Waals surface area contributed by atoms with Crippen LogP contribution in [-0.2, 0) is 21.2 Å². The molecule has 0 radical (unpaired) electrons. The van der Waals surface area contributed by atoms with Crippen molar-refractivity contribution in [1.29, 1.82) is 0 Å². The predicted octanol–water partition coefficient (Wildman–Crippen LogP) is 1.53. The zero-order valence-corrected chi connectivity index (χ0v) is 15.8. The van der Waals surface area contributed by atoms with Crippen LogP contribution >= 0.6 is 0 Å². The monoisotopic (exact) mass is 379 g/mol. The first-order valence-electron chi connectivity index (χ1n) is 9.04. The molecule has 8 heteroatoms. The molecule has 3 rings (SSSR count). The van der Waals surface area contributed by atoms with E-state index in [1.807, 2.05) is 31.2 Å². The van der Waals surface area contributed by atoms with E-state index in [9.17, 15) is 18.0 Å². The van der Waals surface area contributed by atoms with Gasteiger partial charge in [-0.1, -0.05) is 12.1 Å². The third-order valence-electron chi connectivity index (χ3n) is 5.02. The molecule has 0 unspecified atom stereocenters. The summed E-state index contributed by atoms with van der Waals surface area (Å²) in [5.74, 6) is 0.349. The highest BCUT2D eigenvalue weighted by molar-refractivity contribution is 7.91.